The normalized spacial score (nSPS) is 11.1. The number of nitrogens with zero attached hydrogens (tertiary/aromatic N) is 1. The van der Waals surface area contributed by atoms with E-state index in [0.29, 0.717) is 5.57 Å². The fourth-order valence-electron chi connectivity index (χ4n) is 1.33. The van der Waals surface area contributed by atoms with Gasteiger partial charge in [-0.2, -0.15) is 8.42 Å². The van der Waals surface area contributed by atoms with E-state index >= 15 is 0 Å². The van der Waals surface area contributed by atoms with Crippen LogP contribution in [0.1, 0.15) is 39.7 Å². The van der Waals surface area contributed by atoms with Crippen molar-refractivity contribution in [3.63, 3.8) is 0 Å². The van der Waals surface area contributed by atoms with Crippen LogP contribution in [0.3, 0.4) is 0 Å². The molecule has 0 spiro atoms. The second kappa shape index (κ2) is 13.6. The standard InChI is InChI=1S/C7H8O3S.C6H10O2.C5H13N/c1-6-2-4-7(5-3-6)11(8,9)10;1-3-4-5(2)6(7)8;1-4-6(3)5-2/h2-5H,1H3,(H,8,9,10);4H,3H2,1-2H3,(H,7,8);4-5H2,1-3H3/b;5-4+;. The summed E-state index contributed by atoms with van der Waals surface area (Å²) >= 11 is 0. The van der Waals surface area contributed by atoms with Crippen LogP contribution in [0.4, 0.5) is 0 Å². The predicted octanol–water partition coefficient (Wildman–Crippen LogP) is 3.63. The lowest BCUT2D eigenvalue weighted by Gasteiger charge is -2.07. The summed E-state index contributed by atoms with van der Waals surface area (Å²) in [7, 11) is -1.91. The van der Waals surface area contributed by atoms with E-state index in [1.165, 1.54) is 12.1 Å². The van der Waals surface area contributed by atoms with E-state index < -0.39 is 16.1 Å². The average Bonchev–Trinajstić information content (AvgIpc) is 2.55. The monoisotopic (exact) mass is 373 g/mol. The van der Waals surface area contributed by atoms with Crippen molar-refractivity contribution in [2.24, 2.45) is 0 Å². The number of allylic oxidation sites excluding steroid dienone is 1. The van der Waals surface area contributed by atoms with Crippen molar-refractivity contribution in [1.29, 1.82) is 0 Å². The summed E-state index contributed by atoms with van der Waals surface area (Å²) in [4.78, 5) is 12.2. The van der Waals surface area contributed by atoms with Crippen molar-refractivity contribution < 1.29 is 22.9 Å². The summed E-state index contributed by atoms with van der Waals surface area (Å²) in [6, 6.07) is 5.99. The molecule has 0 aliphatic carbocycles. The largest absolute Gasteiger partial charge is 0.478 e. The van der Waals surface area contributed by atoms with Crippen molar-refractivity contribution in [3.8, 4) is 0 Å². The van der Waals surface area contributed by atoms with Crippen LogP contribution in [-0.4, -0.2) is 49.1 Å². The van der Waals surface area contributed by atoms with Gasteiger partial charge in [0.25, 0.3) is 10.1 Å². The number of hydrogen-bond donors (Lipinski definition) is 2. The van der Waals surface area contributed by atoms with Gasteiger partial charge < -0.3 is 10.0 Å². The SMILES string of the molecule is CC/C=C(\C)C(=O)O.CCN(C)CC.Cc1ccc(S(=O)(=O)O)cc1. The summed E-state index contributed by atoms with van der Waals surface area (Å²) < 4.78 is 29.6. The van der Waals surface area contributed by atoms with E-state index in [2.05, 4.69) is 25.8 Å². The van der Waals surface area contributed by atoms with Gasteiger partial charge in [-0.05, 0) is 52.5 Å². The fourth-order valence-corrected chi connectivity index (χ4v) is 1.81. The van der Waals surface area contributed by atoms with Gasteiger partial charge in [0.1, 0.15) is 0 Å². The van der Waals surface area contributed by atoms with Gasteiger partial charge in [0.2, 0.25) is 0 Å². The van der Waals surface area contributed by atoms with E-state index in [4.69, 9.17) is 9.66 Å². The number of carbonyl (C=O) groups is 1. The van der Waals surface area contributed by atoms with Crippen molar-refractivity contribution in [2.75, 3.05) is 20.1 Å². The highest BCUT2D eigenvalue weighted by molar-refractivity contribution is 7.85. The highest BCUT2D eigenvalue weighted by Crippen LogP contribution is 2.08. The molecule has 0 atom stereocenters. The van der Waals surface area contributed by atoms with E-state index in [-0.39, 0.29) is 4.90 Å². The zero-order chi connectivity index (χ0) is 20.0. The minimum atomic E-state index is -4.02. The van der Waals surface area contributed by atoms with Gasteiger partial charge in [-0.15, -0.1) is 0 Å². The lowest BCUT2D eigenvalue weighted by molar-refractivity contribution is -0.132. The zero-order valence-electron chi connectivity index (χ0n) is 16.0. The summed E-state index contributed by atoms with van der Waals surface area (Å²) in [5, 5.41) is 8.24. The van der Waals surface area contributed by atoms with Crippen molar-refractivity contribution >= 4 is 16.1 Å². The molecule has 7 heteroatoms. The summed E-state index contributed by atoms with van der Waals surface area (Å²) in [6.07, 6.45) is 2.47. The van der Waals surface area contributed by atoms with E-state index in [1.54, 1.807) is 25.1 Å². The molecule has 6 nitrogen and oxygen atoms in total. The van der Waals surface area contributed by atoms with Gasteiger partial charge in [0.15, 0.2) is 0 Å². The smallest absolute Gasteiger partial charge is 0.330 e. The molecule has 0 amide bonds. The van der Waals surface area contributed by atoms with Gasteiger partial charge in [0.05, 0.1) is 4.90 Å². The molecule has 0 aromatic heterocycles. The Kier molecular flexibility index (Phi) is 13.9. The fraction of sp³-hybridized carbons (Fsp3) is 0.500. The molecule has 1 rings (SSSR count). The third-order valence-electron chi connectivity index (χ3n) is 3.25. The first-order valence-electron chi connectivity index (χ1n) is 8.12. The molecular weight excluding hydrogens is 342 g/mol. The molecule has 1 aromatic carbocycles. The Bertz CT molecular complexity index is 617. The summed E-state index contributed by atoms with van der Waals surface area (Å²) in [5.74, 6) is -0.827. The van der Waals surface area contributed by atoms with Gasteiger partial charge >= 0.3 is 5.97 Å². The minimum absolute atomic E-state index is 0.0666. The molecule has 0 saturated heterocycles. The maximum Gasteiger partial charge on any atom is 0.330 e. The molecule has 0 heterocycles. The van der Waals surface area contributed by atoms with Crippen LogP contribution in [0.2, 0.25) is 0 Å². The molecule has 0 bridgehead atoms. The number of carboxylic acid groups (broad SMARTS) is 1. The van der Waals surface area contributed by atoms with Gasteiger partial charge in [-0.3, -0.25) is 4.55 Å². The average molecular weight is 374 g/mol. The lowest BCUT2D eigenvalue weighted by Crippen LogP contribution is -2.15. The Morgan fingerprint density at radius 1 is 1.12 bits per heavy atom. The number of rotatable bonds is 5. The molecule has 2 N–H and O–H groups in total. The number of aliphatic carboxylic acids is 1. The van der Waals surface area contributed by atoms with Crippen LogP contribution in [0.15, 0.2) is 40.8 Å². The second-order valence-corrected chi connectivity index (χ2v) is 6.80. The van der Waals surface area contributed by atoms with Gasteiger partial charge in [-0.1, -0.05) is 44.5 Å². The number of carboxylic acids is 1. The van der Waals surface area contributed by atoms with Crippen LogP contribution >= 0.6 is 0 Å². The first-order chi connectivity index (χ1) is 11.5. The van der Waals surface area contributed by atoms with Crippen LogP contribution in [0, 0.1) is 6.92 Å². The van der Waals surface area contributed by atoms with Crippen LogP contribution in [-0.2, 0) is 14.9 Å². The molecule has 25 heavy (non-hydrogen) atoms. The quantitative estimate of drug-likeness (QED) is 0.604. The van der Waals surface area contributed by atoms with E-state index in [0.717, 1.165) is 25.1 Å². The lowest BCUT2D eigenvalue weighted by atomic mass is 10.2. The van der Waals surface area contributed by atoms with Crippen molar-refractivity contribution in [1.82, 2.24) is 4.90 Å². The van der Waals surface area contributed by atoms with Crippen molar-refractivity contribution in [2.45, 2.75) is 45.9 Å². The number of aryl methyl sites for hydroxylation is 1. The Labute approximate surface area is 151 Å². The Morgan fingerprint density at radius 3 is 1.76 bits per heavy atom. The molecule has 144 valence electrons. The Hall–Kier alpha value is -1.70. The summed E-state index contributed by atoms with van der Waals surface area (Å²) in [6.45, 7) is 12.0. The van der Waals surface area contributed by atoms with Crippen LogP contribution in [0.25, 0.3) is 0 Å². The third-order valence-corrected chi connectivity index (χ3v) is 4.11. The number of hydrogen-bond acceptors (Lipinski definition) is 4. The molecule has 0 saturated carbocycles. The molecular formula is C18H31NO5S. The molecule has 0 radical (unpaired) electrons. The minimum Gasteiger partial charge on any atom is -0.478 e. The highest BCUT2D eigenvalue weighted by Gasteiger charge is 2.06. The van der Waals surface area contributed by atoms with Crippen LogP contribution in [0.5, 0.6) is 0 Å². The maximum atomic E-state index is 10.5. The predicted molar refractivity (Wildman–Crippen MR) is 102 cm³/mol. The molecule has 0 aliphatic rings. The van der Waals surface area contributed by atoms with Crippen LogP contribution < -0.4 is 0 Å². The van der Waals surface area contributed by atoms with Crippen molar-refractivity contribution in [3.05, 3.63) is 41.5 Å². The third kappa shape index (κ3) is 14.4. The highest BCUT2D eigenvalue weighted by atomic mass is 32.2. The maximum absolute atomic E-state index is 10.5. The Balaban J connectivity index is 0. The van der Waals surface area contributed by atoms with E-state index in [9.17, 15) is 13.2 Å². The first kappa shape index (κ1) is 25.5. The Morgan fingerprint density at radius 2 is 1.56 bits per heavy atom. The molecule has 0 fully saturated rings. The van der Waals surface area contributed by atoms with Gasteiger partial charge in [-0.25, -0.2) is 4.79 Å². The number of benzene rings is 1. The summed E-state index contributed by atoms with van der Waals surface area (Å²) in [5.41, 5.74) is 1.38. The molecule has 0 unspecified atom stereocenters. The zero-order valence-corrected chi connectivity index (χ0v) is 16.8. The topological polar surface area (TPSA) is 94.9 Å². The second-order valence-electron chi connectivity index (χ2n) is 5.38. The van der Waals surface area contributed by atoms with Gasteiger partial charge in [0, 0.05) is 5.57 Å². The first-order valence-corrected chi connectivity index (χ1v) is 9.56. The molecule has 1 aromatic rings. The van der Waals surface area contributed by atoms with E-state index in [1.807, 2.05) is 13.8 Å². The molecule has 0 aliphatic heterocycles.